The average molecular weight is 265 g/mol. The summed E-state index contributed by atoms with van der Waals surface area (Å²) in [5, 5.41) is 10.4. The van der Waals surface area contributed by atoms with Crippen LogP contribution in [0.1, 0.15) is 17.3 Å². The third-order valence-corrected chi connectivity index (χ3v) is 3.00. The minimum atomic E-state index is -0.0620. The SMILES string of the molecule is CC(=O)c1c(N(C)C)cc(N(C)C)c(O)c1N(C)C. The van der Waals surface area contributed by atoms with Crippen LogP contribution < -0.4 is 14.7 Å². The van der Waals surface area contributed by atoms with Crippen molar-refractivity contribution in [2.24, 2.45) is 0 Å². The summed E-state index contributed by atoms with van der Waals surface area (Å²) >= 11 is 0. The lowest BCUT2D eigenvalue weighted by atomic mass is 10.0. The van der Waals surface area contributed by atoms with E-state index in [1.165, 1.54) is 6.92 Å². The molecule has 0 radical (unpaired) electrons. The number of Topliss-reactive ketones (excluding diaryl/α,β-unsaturated/α-hetero) is 1. The van der Waals surface area contributed by atoms with E-state index in [0.717, 1.165) is 5.69 Å². The number of phenols is 1. The Morgan fingerprint density at radius 2 is 1.42 bits per heavy atom. The average Bonchev–Trinajstić information content (AvgIpc) is 2.26. The van der Waals surface area contributed by atoms with Crippen molar-refractivity contribution >= 4 is 22.8 Å². The van der Waals surface area contributed by atoms with Gasteiger partial charge in [-0.15, -0.1) is 0 Å². The molecule has 0 amide bonds. The third-order valence-electron chi connectivity index (χ3n) is 3.00. The van der Waals surface area contributed by atoms with Crippen molar-refractivity contribution in [3.05, 3.63) is 11.6 Å². The zero-order valence-electron chi connectivity index (χ0n) is 12.8. The molecule has 0 saturated heterocycles. The number of carbonyl (C=O) groups excluding carboxylic acids is 1. The molecule has 0 fully saturated rings. The van der Waals surface area contributed by atoms with Gasteiger partial charge in [0.2, 0.25) is 0 Å². The van der Waals surface area contributed by atoms with E-state index in [4.69, 9.17) is 0 Å². The van der Waals surface area contributed by atoms with Crippen LogP contribution in [0, 0.1) is 0 Å². The van der Waals surface area contributed by atoms with Gasteiger partial charge in [0, 0.05) is 42.3 Å². The highest BCUT2D eigenvalue weighted by Gasteiger charge is 2.23. The summed E-state index contributed by atoms with van der Waals surface area (Å²) in [4.78, 5) is 17.4. The van der Waals surface area contributed by atoms with Crippen LogP contribution in [0.15, 0.2) is 6.07 Å². The fraction of sp³-hybridized carbons (Fsp3) is 0.500. The summed E-state index contributed by atoms with van der Waals surface area (Å²) in [5.74, 6) is 0.0683. The minimum absolute atomic E-state index is 0.0620. The molecule has 1 aromatic rings. The van der Waals surface area contributed by atoms with E-state index in [2.05, 4.69) is 0 Å². The zero-order valence-corrected chi connectivity index (χ0v) is 12.8. The van der Waals surface area contributed by atoms with Gasteiger partial charge in [0.25, 0.3) is 0 Å². The van der Waals surface area contributed by atoms with Gasteiger partial charge in [-0.3, -0.25) is 4.79 Å². The summed E-state index contributed by atoms with van der Waals surface area (Å²) < 4.78 is 0. The molecular formula is C14H23N3O2. The molecule has 1 rings (SSSR count). The van der Waals surface area contributed by atoms with Crippen molar-refractivity contribution in [2.45, 2.75) is 6.92 Å². The van der Waals surface area contributed by atoms with Crippen LogP contribution in [-0.2, 0) is 0 Å². The molecule has 0 unspecified atom stereocenters. The van der Waals surface area contributed by atoms with Crippen molar-refractivity contribution < 1.29 is 9.90 Å². The van der Waals surface area contributed by atoms with Gasteiger partial charge < -0.3 is 19.8 Å². The lowest BCUT2D eigenvalue weighted by Crippen LogP contribution is -2.21. The number of hydrogen-bond donors (Lipinski definition) is 1. The quantitative estimate of drug-likeness (QED) is 0.841. The van der Waals surface area contributed by atoms with Crippen LogP contribution in [0.3, 0.4) is 0 Å². The normalized spacial score (nSPS) is 10.3. The number of phenolic OH excluding ortho intramolecular Hbond substituents is 1. The summed E-state index contributed by atoms with van der Waals surface area (Å²) in [7, 11) is 11.1. The summed E-state index contributed by atoms with van der Waals surface area (Å²) in [6, 6.07) is 1.83. The molecule has 0 atom stereocenters. The Balaban J connectivity index is 3.78. The lowest BCUT2D eigenvalue weighted by molar-refractivity contribution is 0.101. The number of anilines is 3. The largest absolute Gasteiger partial charge is 0.504 e. The standard InChI is InChI=1S/C14H23N3O2/c1-9(18)12-10(15(2)3)8-11(16(4)5)14(19)13(12)17(6)7/h8,19H,1-7H3. The monoisotopic (exact) mass is 265 g/mol. The maximum absolute atomic E-state index is 12.0. The van der Waals surface area contributed by atoms with Crippen LogP contribution in [-0.4, -0.2) is 53.2 Å². The topological polar surface area (TPSA) is 47.0 Å². The maximum Gasteiger partial charge on any atom is 0.164 e. The molecule has 0 aliphatic heterocycles. The molecule has 106 valence electrons. The summed E-state index contributed by atoms with van der Waals surface area (Å²) in [6.07, 6.45) is 0. The van der Waals surface area contributed by atoms with Crippen LogP contribution >= 0.6 is 0 Å². The zero-order chi connectivity index (χ0) is 14.9. The molecule has 0 aliphatic carbocycles. The van der Waals surface area contributed by atoms with Gasteiger partial charge >= 0.3 is 0 Å². The highest BCUT2D eigenvalue weighted by atomic mass is 16.3. The molecular weight excluding hydrogens is 242 g/mol. The second-order valence-electron chi connectivity index (χ2n) is 5.23. The number of benzene rings is 1. The van der Waals surface area contributed by atoms with E-state index in [1.54, 1.807) is 4.90 Å². The molecule has 5 heteroatoms. The molecule has 5 nitrogen and oxygen atoms in total. The predicted molar refractivity (Wildman–Crippen MR) is 81.1 cm³/mol. The molecule has 0 spiro atoms. The maximum atomic E-state index is 12.0. The van der Waals surface area contributed by atoms with Gasteiger partial charge in [0.15, 0.2) is 11.5 Å². The summed E-state index contributed by atoms with van der Waals surface area (Å²) in [5.41, 5.74) is 2.59. The van der Waals surface area contributed by atoms with Crippen molar-refractivity contribution in [3.8, 4) is 5.75 Å². The summed E-state index contributed by atoms with van der Waals surface area (Å²) in [6.45, 7) is 1.52. The lowest BCUT2D eigenvalue weighted by Gasteiger charge is -2.27. The minimum Gasteiger partial charge on any atom is -0.504 e. The van der Waals surface area contributed by atoms with Gasteiger partial charge in [-0.1, -0.05) is 0 Å². The first-order chi connectivity index (χ1) is 8.68. The van der Waals surface area contributed by atoms with Gasteiger partial charge in [0.05, 0.1) is 22.6 Å². The van der Waals surface area contributed by atoms with E-state index < -0.39 is 0 Å². The number of aromatic hydroxyl groups is 1. The molecule has 0 heterocycles. The second-order valence-corrected chi connectivity index (χ2v) is 5.23. The Morgan fingerprint density at radius 3 is 1.74 bits per heavy atom. The van der Waals surface area contributed by atoms with Crippen LogP contribution in [0.2, 0.25) is 0 Å². The molecule has 0 saturated carbocycles. The van der Waals surface area contributed by atoms with Gasteiger partial charge in [0.1, 0.15) is 0 Å². The number of nitrogens with zero attached hydrogens (tertiary/aromatic N) is 3. The van der Waals surface area contributed by atoms with Crippen LogP contribution in [0.4, 0.5) is 17.1 Å². The predicted octanol–water partition coefficient (Wildman–Crippen LogP) is 1.79. The van der Waals surface area contributed by atoms with Crippen molar-refractivity contribution in [1.29, 1.82) is 0 Å². The second kappa shape index (κ2) is 5.38. The van der Waals surface area contributed by atoms with E-state index in [0.29, 0.717) is 16.9 Å². The van der Waals surface area contributed by atoms with Crippen molar-refractivity contribution in [1.82, 2.24) is 0 Å². The number of ketones is 1. The van der Waals surface area contributed by atoms with Gasteiger partial charge in [-0.2, -0.15) is 0 Å². The van der Waals surface area contributed by atoms with E-state index in [9.17, 15) is 9.90 Å². The number of rotatable bonds is 4. The molecule has 1 N–H and O–H groups in total. The first kappa shape index (κ1) is 15.1. The van der Waals surface area contributed by atoms with Crippen LogP contribution in [0.5, 0.6) is 5.75 Å². The van der Waals surface area contributed by atoms with Crippen LogP contribution in [0.25, 0.3) is 0 Å². The van der Waals surface area contributed by atoms with Crippen molar-refractivity contribution in [3.63, 3.8) is 0 Å². The van der Waals surface area contributed by atoms with E-state index >= 15 is 0 Å². The Morgan fingerprint density at radius 1 is 0.947 bits per heavy atom. The highest BCUT2D eigenvalue weighted by molar-refractivity contribution is 6.08. The number of carbonyl (C=O) groups is 1. The molecule has 0 aliphatic rings. The number of hydrogen-bond acceptors (Lipinski definition) is 5. The molecule has 0 bridgehead atoms. The molecule has 0 aromatic heterocycles. The van der Waals surface area contributed by atoms with Gasteiger partial charge in [-0.05, 0) is 13.0 Å². The fourth-order valence-electron chi connectivity index (χ4n) is 2.11. The Labute approximate surface area is 115 Å². The first-order valence-corrected chi connectivity index (χ1v) is 6.11. The van der Waals surface area contributed by atoms with Gasteiger partial charge in [-0.25, -0.2) is 0 Å². The first-order valence-electron chi connectivity index (χ1n) is 6.11. The van der Waals surface area contributed by atoms with E-state index in [-0.39, 0.29) is 11.5 Å². The van der Waals surface area contributed by atoms with E-state index in [1.807, 2.05) is 58.2 Å². The molecule has 1 aromatic carbocycles. The fourth-order valence-corrected chi connectivity index (χ4v) is 2.11. The smallest absolute Gasteiger partial charge is 0.164 e. The Bertz CT molecular complexity index is 494. The molecule has 19 heavy (non-hydrogen) atoms. The highest BCUT2D eigenvalue weighted by Crippen LogP contribution is 2.43. The third kappa shape index (κ3) is 2.75. The van der Waals surface area contributed by atoms with Crippen molar-refractivity contribution in [2.75, 3.05) is 57.0 Å². The Kier molecular flexibility index (Phi) is 4.29. The Hall–Kier alpha value is -1.91.